The first-order chi connectivity index (χ1) is 12.1. The van der Waals surface area contributed by atoms with Crippen molar-refractivity contribution in [1.29, 1.82) is 5.26 Å². The standard InChI is InChI=1S/C19H17N5O/c1-13-17(12-22-24(13)16-5-3-2-4-6-16)23-18(19(21)25)15-9-7-14(11-20)8-10-15/h2-10,12,18,23H,1H3,(H2,21,25). The van der Waals surface area contributed by atoms with E-state index in [4.69, 9.17) is 11.0 Å². The molecule has 124 valence electrons. The van der Waals surface area contributed by atoms with Crippen LogP contribution in [0.4, 0.5) is 5.69 Å². The smallest absolute Gasteiger partial charge is 0.244 e. The van der Waals surface area contributed by atoms with Crippen molar-refractivity contribution in [2.24, 2.45) is 5.73 Å². The van der Waals surface area contributed by atoms with Crippen molar-refractivity contribution in [3.63, 3.8) is 0 Å². The van der Waals surface area contributed by atoms with Crippen LogP contribution in [0.1, 0.15) is 22.9 Å². The third kappa shape index (κ3) is 3.35. The lowest BCUT2D eigenvalue weighted by atomic mass is 10.0. The number of rotatable bonds is 5. The first-order valence-corrected chi connectivity index (χ1v) is 7.76. The minimum atomic E-state index is -0.708. The van der Waals surface area contributed by atoms with Gasteiger partial charge in [-0.15, -0.1) is 0 Å². The second kappa shape index (κ2) is 6.89. The highest BCUT2D eigenvalue weighted by Crippen LogP contribution is 2.24. The maximum Gasteiger partial charge on any atom is 0.244 e. The van der Waals surface area contributed by atoms with Crippen LogP contribution in [0.15, 0.2) is 60.8 Å². The number of primary amides is 1. The van der Waals surface area contributed by atoms with Gasteiger partial charge in [0, 0.05) is 0 Å². The van der Waals surface area contributed by atoms with Crippen LogP contribution in [-0.2, 0) is 4.79 Å². The van der Waals surface area contributed by atoms with E-state index in [9.17, 15) is 4.79 Å². The van der Waals surface area contributed by atoms with E-state index in [0.717, 1.165) is 17.1 Å². The third-order valence-corrected chi connectivity index (χ3v) is 3.97. The van der Waals surface area contributed by atoms with Crippen LogP contribution in [0.3, 0.4) is 0 Å². The highest BCUT2D eigenvalue weighted by molar-refractivity contribution is 5.84. The molecule has 0 spiro atoms. The SMILES string of the molecule is Cc1c(NC(C(N)=O)c2ccc(C#N)cc2)cnn1-c1ccccc1. The van der Waals surface area contributed by atoms with Gasteiger partial charge in [0.2, 0.25) is 5.91 Å². The van der Waals surface area contributed by atoms with E-state index in [0.29, 0.717) is 11.1 Å². The summed E-state index contributed by atoms with van der Waals surface area (Å²) in [6, 6.07) is 17.8. The van der Waals surface area contributed by atoms with Gasteiger partial charge in [-0.3, -0.25) is 4.79 Å². The lowest BCUT2D eigenvalue weighted by Crippen LogP contribution is -2.27. The van der Waals surface area contributed by atoms with Crippen molar-refractivity contribution in [3.8, 4) is 11.8 Å². The van der Waals surface area contributed by atoms with Crippen LogP contribution >= 0.6 is 0 Å². The molecule has 1 amide bonds. The van der Waals surface area contributed by atoms with E-state index < -0.39 is 11.9 Å². The van der Waals surface area contributed by atoms with E-state index >= 15 is 0 Å². The molecular weight excluding hydrogens is 314 g/mol. The summed E-state index contributed by atoms with van der Waals surface area (Å²) < 4.78 is 1.79. The summed E-state index contributed by atoms with van der Waals surface area (Å²) in [7, 11) is 0. The number of para-hydroxylation sites is 1. The van der Waals surface area contributed by atoms with Gasteiger partial charge in [0.05, 0.1) is 34.9 Å². The Morgan fingerprint density at radius 2 is 1.88 bits per heavy atom. The number of nitriles is 1. The predicted molar refractivity (Wildman–Crippen MR) is 95.0 cm³/mol. The van der Waals surface area contributed by atoms with Gasteiger partial charge in [0.15, 0.2) is 0 Å². The molecule has 3 rings (SSSR count). The minimum Gasteiger partial charge on any atom is -0.368 e. The summed E-state index contributed by atoms with van der Waals surface area (Å²) in [5, 5.41) is 16.4. The average Bonchev–Trinajstić information content (AvgIpc) is 3.01. The minimum absolute atomic E-state index is 0.503. The number of nitrogens with two attached hydrogens (primary N) is 1. The molecule has 0 saturated heterocycles. The van der Waals surface area contributed by atoms with Gasteiger partial charge in [-0.25, -0.2) is 4.68 Å². The topological polar surface area (TPSA) is 96.7 Å². The molecule has 1 atom stereocenters. The van der Waals surface area contributed by atoms with E-state index in [1.807, 2.05) is 37.3 Å². The highest BCUT2D eigenvalue weighted by Gasteiger charge is 2.20. The Bertz CT molecular complexity index is 923. The molecule has 0 aliphatic carbocycles. The number of aromatic nitrogens is 2. The van der Waals surface area contributed by atoms with Crippen molar-refractivity contribution >= 4 is 11.6 Å². The fourth-order valence-electron chi connectivity index (χ4n) is 2.61. The normalized spacial score (nSPS) is 11.5. The molecule has 3 aromatic rings. The van der Waals surface area contributed by atoms with E-state index in [-0.39, 0.29) is 0 Å². The molecule has 3 N–H and O–H groups in total. The van der Waals surface area contributed by atoms with Gasteiger partial charge in [0.25, 0.3) is 0 Å². The quantitative estimate of drug-likeness (QED) is 0.751. The zero-order valence-electron chi connectivity index (χ0n) is 13.7. The number of benzene rings is 2. The first-order valence-electron chi connectivity index (χ1n) is 7.76. The molecule has 0 aliphatic rings. The molecule has 1 aromatic heterocycles. The average molecular weight is 331 g/mol. The summed E-state index contributed by atoms with van der Waals surface area (Å²) in [4.78, 5) is 11.9. The van der Waals surface area contributed by atoms with E-state index in [1.165, 1.54) is 0 Å². The summed E-state index contributed by atoms with van der Waals surface area (Å²) in [5.41, 5.74) is 9.30. The number of carbonyl (C=O) groups excluding carboxylic acids is 1. The highest BCUT2D eigenvalue weighted by atomic mass is 16.1. The lowest BCUT2D eigenvalue weighted by Gasteiger charge is -2.17. The molecule has 6 nitrogen and oxygen atoms in total. The second-order valence-electron chi connectivity index (χ2n) is 5.60. The monoisotopic (exact) mass is 331 g/mol. The van der Waals surface area contributed by atoms with Crippen LogP contribution in [0, 0.1) is 18.3 Å². The molecule has 6 heteroatoms. The zero-order valence-corrected chi connectivity index (χ0v) is 13.7. The fraction of sp³-hybridized carbons (Fsp3) is 0.105. The van der Waals surface area contributed by atoms with Crippen molar-refractivity contribution in [3.05, 3.63) is 77.6 Å². The van der Waals surface area contributed by atoms with Gasteiger partial charge in [-0.1, -0.05) is 30.3 Å². The zero-order chi connectivity index (χ0) is 17.8. The number of anilines is 1. The molecule has 0 saturated carbocycles. The maximum atomic E-state index is 11.9. The van der Waals surface area contributed by atoms with Gasteiger partial charge >= 0.3 is 0 Å². The summed E-state index contributed by atoms with van der Waals surface area (Å²) in [6.45, 7) is 1.92. The van der Waals surface area contributed by atoms with E-state index in [1.54, 1.807) is 35.1 Å². The molecule has 0 radical (unpaired) electrons. The van der Waals surface area contributed by atoms with Crippen molar-refractivity contribution in [2.45, 2.75) is 13.0 Å². The maximum absolute atomic E-state index is 11.9. The van der Waals surface area contributed by atoms with Gasteiger partial charge in [-0.2, -0.15) is 10.4 Å². The van der Waals surface area contributed by atoms with Gasteiger partial charge in [0.1, 0.15) is 6.04 Å². The second-order valence-corrected chi connectivity index (χ2v) is 5.60. The van der Waals surface area contributed by atoms with E-state index in [2.05, 4.69) is 16.5 Å². The largest absolute Gasteiger partial charge is 0.368 e. The van der Waals surface area contributed by atoms with Crippen molar-refractivity contribution < 1.29 is 4.79 Å². The van der Waals surface area contributed by atoms with Gasteiger partial charge in [-0.05, 0) is 36.8 Å². The number of amides is 1. The van der Waals surface area contributed by atoms with Crippen LogP contribution in [0.5, 0.6) is 0 Å². The Hall–Kier alpha value is -3.59. The Morgan fingerprint density at radius 1 is 1.20 bits per heavy atom. The molecule has 0 aliphatic heterocycles. The Morgan fingerprint density at radius 3 is 2.48 bits per heavy atom. The van der Waals surface area contributed by atoms with Crippen molar-refractivity contribution in [2.75, 3.05) is 5.32 Å². The third-order valence-electron chi connectivity index (χ3n) is 3.97. The number of hydrogen-bond acceptors (Lipinski definition) is 4. The van der Waals surface area contributed by atoms with Crippen LogP contribution in [-0.4, -0.2) is 15.7 Å². The molecule has 1 heterocycles. The number of nitrogens with one attached hydrogen (secondary N) is 1. The van der Waals surface area contributed by atoms with Gasteiger partial charge < -0.3 is 11.1 Å². The van der Waals surface area contributed by atoms with Crippen LogP contribution in [0.25, 0.3) is 5.69 Å². The summed E-state index contributed by atoms with van der Waals surface area (Å²) in [6.07, 6.45) is 1.67. The molecule has 0 fully saturated rings. The molecule has 0 bridgehead atoms. The number of nitrogens with zero attached hydrogens (tertiary/aromatic N) is 3. The predicted octanol–water partition coefficient (Wildman–Crippen LogP) is 2.69. The summed E-state index contributed by atoms with van der Waals surface area (Å²) in [5.74, 6) is -0.503. The molecule has 1 unspecified atom stereocenters. The lowest BCUT2D eigenvalue weighted by molar-refractivity contribution is -0.118. The van der Waals surface area contributed by atoms with Crippen LogP contribution < -0.4 is 11.1 Å². The Kier molecular flexibility index (Phi) is 4.48. The fourth-order valence-corrected chi connectivity index (χ4v) is 2.61. The first kappa shape index (κ1) is 16.3. The number of carbonyl (C=O) groups is 1. The van der Waals surface area contributed by atoms with Crippen LogP contribution in [0.2, 0.25) is 0 Å². The Labute approximate surface area is 145 Å². The Balaban J connectivity index is 1.90. The summed E-state index contributed by atoms with van der Waals surface area (Å²) >= 11 is 0. The molecule has 2 aromatic carbocycles. The van der Waals surface area contributed by atoms with Crippen molar-refractivity contribution in [1.82, 2.24) is 9.78 Å². The number of hydrogen-bond donors (Lipinski definition) is 2. The molecule has 25 heavy (non-hydrogen) atoms. The molecular formula is C19H17N5O.